The van der Waals surface area contributed by atoms with Crippen LogP contribution in [0.5, 0.6) is 5.75 Å². The lowest BCUT2D eigenvalue weighted by Gasteiger charge is -2.19. The molecule has 0 spiro atoms. The van der Waals surface area contributed by atoms with Crippen molar-refractivity contribution >= 4 is 0 Å². The average Bonchev–Trinajstić information content (AvgIpc) is 2.25. The van der Waals surface area contributed by atoms with Gasteiger partial charge in [0, 0.05) is 11.6 Å². The number of halogens is 3. The number of nitrogens with one attached hydrogen (secondary N) is 1. The van der Waals surface area contributed by atoms with E-state index in [1.807, 2.05) is 26.8 Å². The van der Waals surface area contributed by atoms with Gasteiger partial charge in [0.2, 0.25) is 0 Å². The summed E-state index contributed by atoms with van der Waals surface area (Å²) in [6.07, 6.45) is -4.32. The number of rotatable bonds is 5. The maximum Gasteiger partial charge on any atom is 0.422 e. The summed E-state index contributed by atoms with van der Waals surface area (Å²) in [4.78, 5) is 0. The normalized spacial score (nSPS) is 13.4. The number of benzene rings is 1. The number of ether oxygens (including phenoxy) is 1. The van der Waals surface area contributed by atoms with E-state index in [4.69, 9.17) is 4.74 Å². The second-order valence-electron chi connectivity index (χ2n) is 4.22. The first-order chi connectivity index (χ1) is 8.33. The van der Waals surface area contributed by atoms with Crippen LogP contribution in [0.3, 0.4) is 0 Å². The maximum absolute atomic E-state index is 12.2. The maximum atomic E-state index is 12.2. The quantitative estimate of drug-likeness (QED) is 0.874. The lowest BCUT2D eigenvalue weighted by molar-refractivity contribution is -0.153. The van der Waals surface area contributed by atoms with Crippen LogP contribution in [-0.4, -0.2) is 19.3 Å². The summed E-state index contributed by atoms with van der Waals surface area (Å²) in [5, 5.41) is 3.16. The first kappa shape index (κ1) is 14.8. The predicted octanol–water partition coefficient (Wildman–Crippen LogP) is 3.61. The van der Waals surface area contributed by atoms with Crippen LogP contribution in [0.4, 0.5) is 13.2 Å². The Hall–Kier alpha value is -1.23. The van der Waals surface area contributed by atoms with Crippen LogP contribution in [0, 0.1) is 6.92 Å². The summed E-state index contributed by atoms with van der Waals surface area (Å²) in [5.41, 5.74) is 1.62. The van der Waals surface area contributed by atoms with Crippen LogP contribution in [0.25, 0.3) is 0 Å². The van der Waals surface area contributed by atoms with Crippen LogP contribution in [0.1, 0.15) is 31.0 Å². The third-order valence-corrected chi connectivity index (χ3v) is 2.54. The number of alkyl halides is 3. The van der Waals surface area contributed by atoms with E-state index in [1.54, 1.807) is 12.1 Å². The summed E-state index contributed by atoms with van der Waals surface area (Å²) in [6.45, 7) is 5.15. The Balaban J connectivity index is 2.89. The molecule has 0 radical (unpaired) electrons. The number of hydrogen-bond acceptors (Lipinski definition) is 2. The molecule has 1 aromatic carbocycles. The van der Waals surface area contributed by atoms with Gasteiger partial charge in [-0.05, 0) is 32.0 Å². The van der Waals surface area contributed by atoms with E-state index < -0.39 is 12.8 Å². The van der Waals surface area contributed by atoms with Crippen LogP contribution >= 0.6 is 0 Å². The van der Waals surface area contributed by atoms with E-state index in [9.17, 15) is 13.2 Å². The van der Waals surface area contributed by atoms with Crippen molar-refractivity contribution in [1.29, 1.82) is 0 Å². The zero-order valence-electron chi connectivity index (χ0n) is 10.8. The molecule has 0 bridgehead atoms. The summed E-state index contributed by atoms with van der Waals surface area (Å²) in [7, 11) is 0. The highest BCUT2D eigenvalue weighted by Crippen LogP contribution is 2.28. The van der Waals surface area contributed by atoms with E-state index in [0.29, 0.717) is 5.75 Å². The molecule has 1 N–H and O–H groups in total. The standard InChI is InChI=1S/C13H18F3NO/c1-4-17-10(3)11-6-5-9(2)7-12(11)18-8-13(14,15)16/h5-7,10,17H,4,8H2,1-3H3. The van der Waals surface area contributed by atoms with Crippen molar-refractivity contribution < 1.29 is 17.9 Å². The molecule has 0 aliphatic rings. The second-order valence-corrected chi connectivity index (χ2v) is 4.22. The molecule has 0 aromatic heterocycles. The topological polar surface area (TPSA) is 21.3 Å². The van der Waals surface area contributed by atoms with Gasteiger partial charge in [0.1, 0.15) is 5.75 Å². The van der Waals surface area contributed by atoms with Crippen LogP contribution in [0.2, 0.25) is 0 Å². The SMILES string of the molecule is CCNC(C)c1ccc(C)cc1OCC(F)(F)F. The fourth-order valence-corrected chi connectivity index (χ4v) is 1.70. The Morgan fingerprint density at radius 1 is 1.33 bits per heavy atom. The van der Waals surface area contributed by atoms with Crippen LogP contribution in [-0.2, 0) is 0 Å². The van der Waals surface area contributed by atoms with Crippen molar-refractivity contribution in [2.24, 2.45) is 0 Å². The van der Waals surface area contributed by atoms with Gasteiger partial charge in [0.25, 0.3) is 0 Å². The van der Waals surface area contributed by atoms with Gasteiger partial charge in [-0.3, -0.25) is 0 Å². The molecule has 1 atom stereocenters. The Kier molecular flexibility index (Phi) is 5.02. The molecule has 0 aliphatic carbocycles. The van der Waals surface area contributed by atoms with Gasteiger partial charge in [-0.15, -0.1) is 0 Å². The molecule has 0 amide bonds. The van der Waals surface area contributed by atoms with Crippen molar-refractivity contribution in [3.8, 4) is 5.75 Å². The van der Waals surface area contributed by atoms with E-state index >= 15 is 0 Å². The Morgan fingerprint density at radius 2 is 2.00 bits per heavy atom. The van der Waals surface area contributed by atoms with Gasteiger partial charge in [-0.2, -0.15) is 13.2 Å². The van der Waals surface area contributed by atoms with Gasteiger partial charge in [-0.25, -0.2) is 0 Å². The molecule has 1 unspecified atom stereocenters. The highest BCUT2D eigenvalue weighted by molar-refractivity contribution is 5.39. The molecular formula is C13H18F3NO. The molecule has 102 valence electrons. The van der Waals surface area contributed by atoms with E-state index in [-0.39, 0.29) is 6.04 Å². The fourth-order valence-electron chi connectivity index (χ4n) is 1.70. The Labute approximate surface area is 105 Å². The molecule has 0 saturated carbocycles. The molecular weight excluding hydrogens is 243 g/mol. The summed E-state index contributed by atoms with van der Waals surface area (Å²) < 4.78 is 41.4. The van der Waals surface area contributed by atoms with E-state index in [1.165, 1.54) is 0 Å². The molecule has 5 heteroatoms. The van der Waals surface area contributed by atoms with Crippen LogP contribution < -0.4 is 10.1 Å². The molecule has 1 rings (SSSR count). The summed E-state index contributed by atoms with van der Waals surface area (Å²) in [5.74, 6) is 0.292. The summed E-state index contributed by atoms with van der Waals surface area (Å²) in [6, 6.07) is 5.26. The van der Waals surface area contributed by atoms with Gasteiger partial charge < -0.3 is 10.1 Å². The molecule has 0 fully saturated rings. The zero-order valence-corrected chi connectivity index (χ0v) is 10.8. The minimum atomic E-state index is -4.32. The van der Waals surface area contributed by atoms with Crippen molar-refractivity contribution in [3.05, 3.63) is 29.3 Å². The Bertz CT molecular complexity index is 390. The first-order valence-electron chi connectivity index (χ1n) is 5.87. The minimum Gasteiger partial charge on any atom is -0.484 e. The van der Waals surface area contributed by atoms with Crippen molar-refractivity contribution in [2.75, 3.05) is 13.2 Å². The smallest absolute Gasteiger partial charge is 0.422 e. The van der Waals surface area contributed by atoms with Crippen molar-refractivity contribution in [2.45, 2.75) is 33.0 Å². The van der Waals surface area contributed by atoms with E-state index in [0.717, 1.165) is 17.7 Å². The zero-order chi connectivity index (χ0) is 13.8. The van der Waals surface area contributed by atoms with E-state index in [2.05, 4.69) is 5.32 Å². The lowest BCUT2D eigenvalue weighted by Crippen LogP contribution is -2.22. The highest BCUT2D eigenvalue weighted by Gasteiger charge is 2.29. The first-order valence-corrected chi connectivity index (χ1v) is 5.87. The molecule has 18 heavy (non-hydrogen) atoms. The minimum absolute atomic E-state index is 0.0427. The molecule has 0 saturated heterocycles. The van der Waals surface area contributed by atoms with Gasteiger partial charge in [0.05, 0.1) is 0 Å². The third-order valence-electron chi connectivity index (χ3n) is 2.54. The predicted molar refractivity (Wildman–Crippen MR) is 64.8 cm³/mol. The molecule has 2 nitrogen and oxygen atoms in total. The number of hydrogen-bond donors (Lipinski definition) is 1. The second kappa shape index (κ2) is 6.09. The average molecular weight is 261 g/mol. The molecule has 0 aliphatic heterocycles. The van der Waals surface area contributed by atoms with Crippen molar-refractivity contribution in [1.82, 2.24) is 5.32 Å². The highest BCUT2D eigenvalue weighted by atomic mass is 19.4. The Morgan fingerprint density at radius 3 is 2.56 bits per heavy atom. The molecule has 1 aromatic rings. The fraction of sp³-hybridized carbons (Fsp3) is 0.538. The van der Waals surface area contributed by atoms with Gasteiger partial charge in [-0.1, -0.05) is 19.1 Å². The largest absolute Gasteiger partial charge is 0.484 e. The summed E-state index contributed by atoms with van der Waals surface area (Å²) >= 11 is 0. The van der Waals surface area contributed by atoms with Crippen molar-refractivity contribution in [3.63, 3.8) is 0 Å². The third kappa shape index (κ3) is 4.56. The van der Waals surface area contributed by atoms with Gasteiger partial charge in [0.15, 0.2) is 6.61 Å². The monoisotopic (exact) mass is 261 g/mol. The lowest BCUT2D eigenvalue weighted by atomic mass is 10.0. The van der Waals surface area contributed by atoms with Crippen LogP contribution in [0.15, 0.2) is 18.2 Å². The molecule has 0 heterocycles. The number of aryl methyl sites for hydroxylation is 1. The van der Waals surface area contributed by atoms with Gasteiger partial charge >= 0.3 is 6.18 Å².